The molecule has 1 heterocycles. The Hall–Kier alpha value is -2.83. The number of aliphatic imine (C=N–C) groups is 1. The largest absolute Gasteiger partial charge is 0.493 e. The molecular formula is C18H23FN4O2. The monoisotopic (exact) mass is 346 g/mol. The fourth-order valence-electron chi connectivity index (χ4n) is 2.21. The van der Waals surface area contributed by atoms with E-state index in [1.165, 1.54) is 6.07 Å². The SMILES string of the molecule is CCNC(=NCc1ccc(OC)c(OC)c1)NCc1ncccc1F. The molecule has 0 aliphatic rings. The van der Waals surface area contributed by atoms with Crippen LogP contribution < -0.4 is 20.1 Å². The lowest BCUT2D eigenvalue weighted by molar-refractivity contribution is 0.354. The number of halogens is 1. The lowest BCUT2D eigenvalue weighted by atomic mass is 10.2. The molecule has 0 spiro atoms. The zero-order valence-corrected chi connectivity index (χ0v) is 14.7. The van der Waals surface area contributed by atoms with Gasteiger partial charge in [0, 0.05) is 12.7 Å². The molecular weight excluding hydrogens is 323 g/mol. The van der Waals surface area contributed by atoms with Gasteiger partial charge in [0.15, 0.2) is 17.5 Å². The highest BCUT2D eigenvalue weighted by Crippen LogP contribution is 2.27. The molecule has 0 bridgehead atoms. The Morgan fingerprint density at radius 1 is 1.16 bits per heavy atom. The number of methoxy groups -OCH3 is 2. The number of nitrogens with one attached hydrogen (secondary N) is 2. The van der Waals surface area contributed by atoms with Gasteiger partial charge >= 0.3 is 0 Å². The first-order valence-corrected chi connectivity index (χ1v) is 8.00. The van der Waals surface area contributed by atoms with Crippen molar-refractivity contribution in [2.24, 2.45) is 4.99 Å². The van der Waals surface area contributed by atoms with Gasteiger partial charge in [0.2, 0.25) is 0 Å². The molecule has 1 aromatic carbocycles. The van der Waals surface area contributed by atoms with Crippen molar-refractivity contribution in [1.82, 2.24) is 15.6 Å². The van der Waals surface area contributed by atoms with Gasteiger partial charge in [-0.05, 0) is 36.8 Å². The molecule has 0 fully saturated rings. The van der Waals surface area contributed by atoms with Crippen LogP contribution in [-0.4, -0.2) is 31.7 Å². The van der Waals surface area contributed by atoms with E-state index in [-0.39, 0.29) is 12.4 Å². The van der Waals surface area contributed by atoms with Gasteiger partial charge in [-0.25, -0.2) is 9.38 Å². The second-order valence-corrected chi connectivity index (χ2v) is 5.17. The van der Waals surface area contributed by atoms with Gasteiger partial charge in [0.1, 0.15) is 5.82 Å². The Morgan fingerprint density at radius 2 is 1.96 bits per heavy atom. The molecule has 0 atom stereocenters. The Morgan fingerprint density at radius 3 is 2.64 bits per heavy atom. The van der Waals surface area contributed by atoms with E-state index in [1.807, 2.05) is 25.1 Å². The minimum absolute atomic E-state index is 0.254. The van der Waals surface area contributed by atoms with Gasteiger partial charge in [-0.3, -0.25) is 4.98 Å². The van der Waals surface area contributed by atoms with Crippen LogP contribution in [0.1, 0.15) is 18.2 Å². The third-order valence-electron chi connectivity index (χ3n) is 3.47. The van der Waals surface area contributed by atoms with E-state index in [0.717, 1.165) is 5.56 Å². The second kappa shape index (κ2) is 9.46. The first kappa shape index (κ1) is 18.5. The predicted octanol–water partition coefficient (Wildman–Crippen LogP) is 2.49. The van der Waals surface area contributed by atoms with E-state index in [1.54, 1.807) is 26.5 Å². The molecule has 2 aromatic rings. The summed E-state index contributed by atoms with van der Waals surface area (Å²) in [4.78, 5) is 8.53. The lowest BCUT2D eigenvalue weighted by Crippen LogP contribution is -2.37. The molecule has 1 aromatic heterocycles. The van der Waals surface area contributed by atoms with Crippen molar-refractivity contribution in [3.05, 3.63) is 53.6 Å². The van der Waals surface area contributed by atoms with Crippen molar-refractivity contribution < 1.29 is 13.9 Å². The van der Waals surface area contributed by atoms with E-state index in [2.05, 4.69) is 20.6 Å². The number of ether oxygens (including phenoxy) is 2. The first-order valence-electron chi connectivity index (χ1n) is 8.00. The molecule has 2 N–H and O–H groups in total. The highest BCUT2D eigenvalue weighted by Gasteiger charge is 2.06. The fourth-order valence-corrected chi connectivity index (χ4v) is 2.21. The third-order valence-corrected chi connectivity index (χ3v) is 3.47. The Bertz CT molecular complexity index is 722. The number of aromatic nitrogens is 1. The fraction of sp³-hybridized carbons (Fsp3) is 0.333. The van der Waals surface area contributed by atoms with E-state index in [9.17, 15) is 4.39 Å². The number of pyridine rings is 1. The van der Waals surface area contributed by atoms with Crippen molar-refractivity contribution in [1.29, 1.82) is 0 Å². The lowest BCUT2D eigenvalue weighted by Gasteiger charge is -2.12. The minimum atomic E-state index is -0.342. The molecule has 0 aliphatic heterocycles. The number of hydrogen-bond donors (Lipinski definition) is 2. The average Bonchev–Trinajstić information content (AvgIpc) is 2.64. The summed E-state index contributed by atoms with van der Waals surface area (Å²) >= 11 is 0. The second-order valence-electron chi connectivity index (χ2n) is 5.17. The van der Waals surface area contributed by atoms with Gasteiger partial charge in [-0.2, -0.15) is 0 Å². The zero-order chi connectivity index (χ0) is 18.1. The van der Waals surface area contributed by atoms with E-state index in [0.29, 0.717) is 36.2 Å². The molecule has 2 rings (SSSR count). The van der Waals surface area contributed by atoms with Crippen LogP contribution in [0.2, 0.25) is 0 Å². The molecule has 0 radical (unpaired) electrons. The van der Waals surface area contributed by atoms with Gasteiger partial charge in [-0.1, -0.05) is 6.07 Å². The Balaban J connectivity index is 2.05. The van der Waals surface area contributed by atoms with Crippen molar-refractivity contribution in [2.75, 3.05) is 20.8 Å². The Labute approximate surface area is 147 Å². The summed E-state index contributed by atoms with van der Waals surface area (Å²) in [6.45, 7) is 3.36. The van der Waals surface area contributed by atoms with Crippen LogP contribution in [-0.2, 0) is 13.1 Å². The quantitative estimate of drug-likeness (QED) is 0.596. The van der Waals surface area contributed by atoms with Crippen LogP contribution in [0.3, 0.4) is 0 Å². The molecule has 0 unspecified atom stereocenters. The summed E-state index contributed by atoms with van der Waals surface area (Å²) in [5.41, 5.74) is 1.32. The van der Waals surface area contributed by atoms with E-state index >= 15 is 0 Å². The maximum atomic E-state index is 13.6. The van der Waals surface area contributed by atoms with Crippen LogP contribution in [0.25, 0.3) is 0 Å². The molecule has 134 valence electrons. The van der Waals surface area contributed by atoms with Crippen LogP contribution in [0, 0.1) is 5.82 Å². The summed E-state index contributed by atoms with van der Waals surface area (Å²) < 4.78 is 24.2. The van der Waals surface area contributed by atoms with Gasteiger partial charge < -0.3 is 20.1 Å². The van der Waals surface area contributed by atoms with Crippen molar-refractivity contribution in [3.63, 3.8) is 0 Å². The predicted molar refractivity (Wildman–Crippen MR) is 95.4 cm³/mol. The molecule has 6 nitrogen and oxygen atoms in total. The zero-order valence-electron chi connectivity index (χ0n) is 14.7. The summed E-state index contributed by atoms with van der Waals surface area (Å²) in [6.07, 6.45) is 1.56. The molecule has 0 saturated carbocycles. The maximum absolute atomic E-state index is 13.6. The first-order chi connectivity index (χ1) is 12.2. The molecule has 0 aliphatic carbocycles. The number of rotatable bonds is 7. The van der Waals surface area contributed by atoms with Crippen LogP contribution in [0.5, 0.6) is 11.5 Å². The number of nitrogens with zero attached hydrogens (tertiary/aromatic N) is 2. The standard InChI is InChI=1S/C18H23FN4O2/c1-4-20-18(23-12-15-14(19)6-5-9-21-15)22-11-13-7-8-16(24-2)17(10-13)25-3/h5-10H,4,11-12H2,1-3H3,(H2,20,22,23). The molecule has 0 saturated heterocycles. The molecule has 0 amide bonds. The smallest absolute Gasteiger partial charge is 0.191 e. The maximum Gasteiger partial charge on any atom is 0.191 e. The summed E-state index contributed by atoms with van der Waals surface area (Å²) in [5, 5.41) is 6.21. The van der Waals surface area contributed by atoms with Gasteiger partial charge in [-0.15, -0.1) is 0 Å². The average molecular weight is 346 g/mol. The van der Waals surface area contributed by atoms with Crippen molar-refractivity contribution >= 4 is 5.96 Å². The highest BCUT2D eigenvalue weighted by atomic mass is 19.1. The van der Waals surface area contributed by atoms with Gasteiger partial charge in [0.05, 0.1) is 33.0 Å². The van der Waals surface area contributed by atoms with Crippen molar-refractivity contribution in [3.8, 4) is 11.5 Å². The van der Waals surface area contributed by atoms with Crippen LogP contribution >= 0.6 is 0 Å². The Kier molecular flexibility index (Phi) is 7.00. The summed E-state index contributed by atoms with van der Waals surface area (Å²) in [5.74, 6) is 1.57. The molecule has 25 heavy (non-hydrogen) atoms. The third kappa shape index (κ3) is 5.34. The minimum Gasteiger partial charge on any atom is -0.493 e. The topological polar surface area (TPSA) is 67.8 Å². The number of hydrogen-bond acceptors (Lipinski definition) is 4. The molecule has 7 heteroatoms. The van der Waals surface area contributed by atoms with E-state index < -0.39 is 0 Å². The highest BCUT2D eigenvalue weighted by molar-refractivity contribution is 5.79. The normalized spacial score (nSPS) is 11.1. The summed E-state index contributed by atoms with van der Waals surface area (Å²) in [7, 11) is 3.19. The summed E-state index contributed by atoms with van der Waals surface area (Å²) in [6, 6.07) is 8.59. The van der Waals surface area contributed by atoms with Crippen LogP contribution in [0.15, 0.2) is 41.5 Å². The number of benzene rings is 1. The van der Waals surface area contributed by atoms with Crippen molar-refractivity contribution in [2.45, 2.75) is 20.0 Å². The van der Waals surface area contributed by atoms with Crippen LogP contribution in [0.4, 0.5) is 4.39 Å². The van der Waals surface area contributed by atoms with E-state index in [4.69, 9.17) is 9.47 Å². The van der Waals surface area contributed by atoms with Gasteiger partial charge in [0.25, 0.3) is 0 Å². The number of guanidine groups is 1.